The molecule has 7 aromatic heterocycles. The number of aromatic nitrogens is 8. The smallest absolute Gasteiger partial charge is 0.235 e. The van der Waals surface area contributed by atoms with Crippen LogP contribution >= 0.6 is 11.3 Å². The molecule has 9 nitrogen and oxygen atoms in total. The normalized spacial score (nSPS) is 14.6. The second-order valence-electron chi connectivity index (χ2n) is 9.65. The van der Waals surface area contributed by atoms with Gasteiger partial charge in [0.15, 0.2) is 11.3 Å². The highest BCUT2D eigenvalue weighted by molar-refractivity contribution is 7.24. The van der Waals surface area contributed by atoms with Crippen LogP contribution in [-0.4, -0.2) is 45.6 Å². The average molecular weight is 523 g/mol. The molecule has 7 heterocycles. The minimum atomic E-state index is -0.488. The molecular formula is C27H19FN8OS. The van der Waals surface area contributed by atoms with Crippen molar-refractivity contribution in [1.29, 1.82) is 0 Å². The van der Waals surface area contributed by atoms with Gasteiger partial charge in [-0.2, -0.15) is 5.10 Å². The highest BCUT2D eigenvalue weighted by Crippen LogP contribution is 2.33. The van der Waals surface area contributed by atoms with Crippen molar-refractivity contribution in [2.24, 2.45) is 5.92 Å². The van der Waals surface area contributed by atoms with E-state index >= 15 is 4.39 Å². The highest BCUT2D eigenvalue weighted by Gasteiger charge is 2.25. The van der Waals surface area contributed by atoms with E-state index in [-0.39, 0.29) is 22.6 Å². The molecule has 0 atom stereocenters. The monoisotopic (exact) mass is 522 g/mol. The Hall–Kier alpha value is -4.51. The van der Waals surface area contributed by atoms with Crippen molar-refractivity contribution in [2.75, 3.05) is 0 Å². The fourth-order valence-electron chi connectivity index (χ4n) is 5.55. The molecule has 11 heteroatoms. The van der Waals surface area contributed by atoms with Gasteiger partial charge in [0, 0.05) is 35.3 Å². The number of H-pyrrole nitrogens is 2. The molecule has 0 aliphatic heterocycles. The Morgan fingerprint density at radius 1 is 1.03 bits per heavy atom. The Bertz CT molecular complexity index is 2150. The number of imidazole rings is 1. The molecule has 0 spiro atoms. The number of halogens is 1. The third-order valence-electron chi connectivity index (χ3n) is 7.41. The summed E-state index contributed by atoms with van der Waals surface area (Å²) in [5, 5.41) is 8.19. The maximum atomic E-state index is 16.2. The lowest BCUT2D eigenvalue weighted by atomic mass is 10.1. The minimum Gasteiger partial charge on any atom is -0.336 e. The van der Waals surface area contributed by atoms with Crippen LogP contribution in [0.2, 0.25) is 0 Å². The molecule has 1 fully saturated rings. The van der Waals surface area contributed by atoms with Crippen LogP contribution in [0.4, 0.5) is 4.39 Å². The molecule has 38 heavy (non-hydrogen) atoms. The summed E-state index contributed by atoms with van der Waals surface area (Å²) >= 11 is 1.47. The number of hydrogen-bond acceptors (Lipinski definition) is 7. The van der Waals surface area contributed by atoms with E-state index in [2.05, 4.69) is 30.1 Å². The Labute approximate surface area is 217 Å². The number of nitrogens with zero attached hydrogens (tertiary/aromatic N) is 6. The first-order chi connectivity index (χ1) is 18.7. The average Bonchev–Trinajstić information content (AvgIpc) is 3.74. The van der Waals surface area contributed by atoms with Crippen molar-refractivity contribution in [2.45, 2.75) is 25.7 Å². The summed E-state index contributed by atoms with van der Waals surface area (Å²) in [7, 11) is 0. The number of carbonyl (C=O) groups excluding carboxylic acids is 1. The van der Waals surface area contributed by atoms with E-state index in [1.807, 2.05) is 18.2 Å². The van der Waals surface area contributed by atoms with E-state index in [0.717, 1.165) is 40.7 Å². The molecule has 8 rings (SSSR count). The molecule has 0 unspecified atom stereocenters. The lowest BCUT2D eigenvalue weighted by Crippen LogP contribution is -2.19. The third kappa shape index (κ3) is 3.08. The number of carbonyl (C=O) groups is 1. The zero-order valence-corrected chi connectivity index (χ0v) is 20.7. The van der Waals surface area contributed by atoms with Gasteiger partial charge in [-0.15, -0.1) is 11.3 Å². The molecule has 0 saturated heterocycles. The second kappa shape index (κ2) is 7.99. The molecule has 0 radical (unpaired) electrons. The zero-order valence-electron chi connectivity index (χ0n) is 19.9. The maximum Gasteiger partial charge on any atom is 0.235 e. The molecule has 1 saturated carbocycles. The van der Waals surface area contributed by atoms with E-state index < -0.39 is 5.82 Å². The summed E-state index contributed by atoms with van der Waals surface area (Å²) in [4.78, 5) is 36.2. The van der Waals surface area contributed by atoms with E-state index in [1.54, 1.807) is 29.2 Å². The maximum absolute atomic E-state index is 16.2. The summed E-state index contributed by atoms with van der Waals surface area (Å²) in [6.45, 7) is 0. The van der Waals surface area contributed by atoms with Gasteiger partial charge in [-0.05, 0) is 37.1 Å². The lowest BCUT2D eigenvalue weighted by molar-refractivity contribution is 0.0847. The fraction of sp³-hybridized carbons (Fsp3) is 0.185. The molecule has 7 aromatic rings. The summed E-state index contributed by atoms with van der Waals surface area (Å²) in [6, 6.07) is 7.52. The van der Waals surface area contributed by atoms with Gasteiger partial charge in [-0.3, -0.25) is 24.4 Å². The van der Waals surface area contributed by atoms with Gasteiger partial charge in [0.25, 0.3) is 0 Å². The number of hydrogen-bond donors (Lipinski definition) is 2. The quantitative estimate of drug-likeness (QED) is 0.265. The van der Waals surface area contributed by atoms with Crippen LogP contribution in [0.15, 0.2) is 49.1 Å². The van der Waals surface area contributed by atoms with Crippen molar-refractivity contribution >= 4 is 81.8 Å². The van der Waals surface area contributed by atoms with Crippen LogP contribution in [0, 0.1) is 11.7 Å². The van der Waals surface area contributed by atoms with Crippen molar-refractivity contribution in [3.63, 3.8) is 0 Å². The van der Waals surface area contributed by atoms with Gasteiger partial charge in [-0.25, -0.2) is 14.4 Å². The predicted molar refractivity (Wildman–Crippen MR) is 145 cm³/mol. The van der Waals surface area contributed by atoms with Crippen LogP contribution in [-0.2, 0) is 0 Å². The standard InChI is InChI=1S/C27H19FN8OS/c28-21-16-12-31-25-20(21)24(34-35-25)26-32-17-7-8-30-23(22(17)33-26)18-5-6-19(38-18)36(15-9-14(16)10-29-11-15)27(37)13-3-1-2-4-13/h5-13H,1-4H2,(H,32,33)(H,31,34,35). The minimum absolute atomic E-state index is 0.0264. The summed E-state index contributed by atoms with van der Waals surface area (Å²) in [6.07, 6.45) is 10.2. The van der Waals surface area contributed by atoms with Crippen LogP contribution in [0.25, 0.3) is 64.6 Å². The molecule has 0 aromatic carbocycles. The van der Waals surface area contributed by atoms with Crippen molar-refractivity contribution in [3.8, 4) is 0 Å². The largest absolute Gasteiger partial charge is 0.336 e. The van der Waals surface area contributed by atoms with Crippen LogP contribution < -0.4 is 0 Å². The number of thiophene rings is 1. The molecule has 1 aliphatic carbocycles. The van der Waals surface area contributed by atoms with Crippen molar-refractivity contribution in [1.82, 2.24) is 39.7 Å². The van der Waals surface area contributed by atoms with Crippen LogP contribution in [0.3, 0.4) is 0 Å². The summed E-state index contributed by atoms with van der Waals surface area (Å²) in [5.74, 6) is -0.526. The first-order valence-corrected chi connectivity index (χ1v) is 13.2. The van der Waals surface area contributed by atoms with Crippen molar-refractivity contribution < 1.29 is 9.18 Å². The number of fused-ring (bicyclic) bond motifs is 9. The van der Waals surface area contributed by atoms with Crippen LogP contribution in [0.5, 0.6) is 0 Å². The van der Waals surface area contributed by atoms with Gasteiger partial charge in [0.2, 0.25) is 5.91 Å². The van der Waals surface area contributed by atoms with Crippen molar-refractivity contribution in [3.05, 3.63) is 54.9 Å². The molecular weight excluding hydrogens is 503 g/mol. The van der Waals surface area contributed by atoms with Gasteiger partial charge in [-0.1, -0.05) is 12.8 Å². The molecule has 8 bridgehead atoms. The summed E-state index contributed by atoms with van der Waals surface area (Å²) < 4.78 is 18.8. The van der Waals surface area contributed by atoms with Gasteiger partial charge >= 0.3 is 0 Å². The predicted octanol–water partition coefficient (Wildman–Crippen LogP) is 6.19. The fourth-order valence-corrected chi connectivity index (χ4v) is 6.58. The van der Waals surface area contributed by atoms with Gasteiger partial charge in [0.05, 0.1) is 27.3 Å². The third-order valence-corrected chi connectivity index (χ3v) is 8.49. The first-order valence-electron chi connectivity index (χ1n) is 12.4. The number of rotatable bonds is 1. The van der Waals surface area contributed by atoms with E-state index in [9.17, 15) is 4.79 Å². The topological polar surface area (TPSA) is 118 Å². The Kier molecular flexibility index (Phi) is 4.54. The molecule has 2 N–H and O–H groups in total. The molecule has 0 amide bonds. The number of nitrogens with one attached hydrogen (secondary N) is 2. The zero-order chi connectivity index (χ0) is 25.4. The van der Waals surface area contributed by atoms with E-state index in [1.165, 1.54) is 17.5 Å². The highest BCUT2D eigenvalue weighted by atomic mass is 32.1. The molecule has 1 aliphatic rings. The second-order valence-corrected chi connectivity index (χ2v) is 10.7. The van der Waals surface area contributed by atoms with Gasteiger partial charge < -0.3 is 4.98 Å². The first kappa shape index (κ1) is 21.6. The van der Waals surface area contributed by atoms with E-state index in [4.69, 9.17) is 4.98 Å². The lowest BCUT2D eigenvalue weighted by Gasteiger charge is -2.12. The number of aromatic amines is 2. The van der Waals surface area contributed by atoms with E-state index in [0.29, 0.717) is 38.7 Å². The SMILES string of the molecule is O=C(C1CCCC1)n1c2cncc(c2)c2cnc3[nH]nc(c4nc5c(ccnc5c5ccc1s5)[nH]4)c3c2F. The number of pyridine rings is 3. The Morgan fingerprint density at radius 2 is 1.92 bits per heavy atom. The summed E-state index contributed by atoms with van der Waals surface area (Å²) in [5.41, 5.74) is 3.71. The van der Waals surface area contributed by atoms with Crippen LogP contribution in [0.1, 0.15) is 30.5 Å². The molecule has 186 valence electrons. The Morgan fingerprint density at radius 3 is 2.82 bits per heavy atom. The Balaban J connectivity index is 1.62. The van der Waals surface area contributed by atoms with Gasteiger partial charge in [0.1, 0.15) is 27.2 Å².